The van der Waals surface area contributed by atoms with Crippen LogP contribution in [0.2, 0.25) is 0 Å². The zero-order valence-corrected chi connectivity index (χ0v) is 18.4. The normalized spacial score (nSPS) is 14.1. The second-order valence-corrected chi connectivity index (χ2v) is 8.66. The van der Waals surface area contributed by atoms with E-state index in [0.29, 0.717) is 23.2 Å². The molecule has 2 N–H and O–H groups in total. The molecule has 4 nitrogen and oxygen atoms in total. The number of esters is 1. The fourth-order valence-corrected chi connectivity index (χ4v) is 5.04. The van der Waals surface area contributed by atoms with Crippen LogP contribution >= 0.6 is 23.6 Å². The van der Waals surface area contributed by atoms with Gasteiger partial charge in [-0.25, -0.2) is 4.79 Å². The SMILES string of the molecule is CCOC(=O)c1c(NC(=S)Nc2ccc(C(C)CC)cc2)sc2c1CCCC2. The highest BCUT2D eigenvalue weighted by Crippen LogP contribution is 2.38. The number of benzene rings is 1. The van der Waals surface area contributed by atoms with Gasteiger partial charge in [-0.05, 0) is 80.4 Å². The van der Waals surface area contributed by atoms with E-state index in [1.165, 1.54) is 16.9 Å². The second-order valence-electron chi connectivity index (χ2n) is 7.15. The Morgan fingerprint density at radius 1 is 1.18 bits per heavy atom. The average Bonchev–Trinajstić information content (AvgIpc) is 3.05. The number of carbonyl (C=O) groups excluding carboxylic acids is 1. The van der Waals surface area contributed by atoms with E-state index >= 15 is 0 Å². The van der Waals surface area contributed by atoms with E-state index in [4.69, 9.17) is 17.0 Å². The fourth-order valence-electron chi connectivity index (χ4n) is 3.47. The van der Waals surface area contributed by atoms with Crippen LogP contribution in [0.1, 0.15) is 72.3 Å². The Balaban J connectivity index is 1.74. The first-order valence-electron chi connectivity index (χ1n) is 10.0. The standard InChI is InChI=1S/C22H28N2O2S2/c1-4-14(3)15-10-12-16(13-11-15)23-22(27)24-20-19(21(25)26-5-2)17-8-6-7-9-18(17)28-20/h10-14H,4-9H2,1-3H3,(H2,23,24,27). The molecular formula is C22H28N2O2S2. The maximum Gasteiger partial charge on any atom is 0.341 e. The van der Waals surface area contributed by atoms with Crippen molar-refractivity contribution in [3.63, 3.8) is 0 Å². The first-order valence-corrected chi connectivity index (χ1v) is 11.3. The Hall–Kier alpha value is -1.92. The number of aryl methyl sites for hydroxylation is 1. The summed E-state index contributed by atoms with van der Waals surface area (Å²) in [7, 11) is 0. The van der Waals surface area contributed by atoms with Crippen molar-refractivity contribution in [3.8, 4) is 0 Å². The van der Waals surface area contributed by atoms with Crippen LogP contribution in [0.15, 0.2) is 24.3 Å². The molecule has 1 aliphatic carbocycles. The van der Waals surface area contributed by atoms with Crippen molar-refractivity contribution in [2.75, 3.05) is 17.2 Å². The van der Waals surface area contributed by atoms with Gasteiger partial charge in [0.2, 0.25) is 0 Å². The molecule has 0 saturated heterocycles. The fraction of sp³-hybridized carbons (Fsp3) is 0.455. The molecule has 0 radical (unpaired) electrons. The van der Waals surface area contributed by atoms with Gasteiger partial charge in [0.25, 0.3) is 0 Å². The van der Waals surface area contributed by atoms with Crippen LogP contribution in [0, 0.1) is 0 Å². The summed E-state index contributed by atoms with van der Waals surface area (Å²) in [5.74, 6) is 0.286. The van der Waals surface area contributed by atoms with Crippen molar-refractivity contribution in [1.29, 1.82) is 0 Å². The minimum atomic E-state index is -0.259. The first kappa shape index (κ1) is 20.8. The number of rotatable bonds is 6. The summed E-state index contributed by atoms with van der Waals surface area (Å²) < 4.78 is 5.30. The van der Waals surface area contributed by atoms with Crippen LogP contribution < -0.4 is 10.6 Å². The first-order chi connectivity index (χ1) is 13.5. The van der Waals surface area contributed by atoms with E-state index in [-0.39, 0.29) is 5.97 Å². The van der Waals surface area contributed by atoms with E-state index in [9.17, 15) is 4.79 Å². The topological polar surface area (TPSA) is 50.4 Å². The molecule has 0 bridgehead atoms. The summed E-state index contributed by atoms with van der Waals surface area (Å²) in [5, 5.41) is 7.75. The number of thiocarbonyl (C=S) groups is 1. The second kappa shape index (κ2) is 9.52. The smallest absolute Gasteiger partial charge is 0.341 e. The average molecular weight is 417 g/mol. The molecule has 1 aromatic heterocycles. The number of fused-ring (bicyclic) bond motifs is 1. The van der Waals surface area contributed by atoms with Crippen LogP contribution in [0.4, 0.5) is 10.7 Å². The highest BCUT2D eigenvalue weighted by molar-refractivity contribution is 7.80. The Bertz CT molecular complexity index is 843. The third-order valence-corrected chi connectivity index (χ3v) is 6.64. The maximum atomic E-state index is 12.5. The minimum absolute atomic E-state index is 0.259. The van der Waals surface area contributed by atoms with E-state index in [1.807, 2.05) is 19.1 Å². The van der Waals surface area contributed by atoms with Gasteiger partial charge in [-0.1, -0.05) is 26.0 Å². The molecule has 0 amide bonds. The summed E-state index contributed by atoms with van der Waals surface area (Å²) in [4.78, 5) is 13.8. The van der Waals surface area contributed by atoms with Crippen molar-refractivity contribution in [1.82, 2.24) is 0 Å². The third kappa shape index (κ3) is 4.73. The van der Waals surface area contributed by atoms with Gasteiger partial charge in [0, 0.05) is 10.6 Å². The molecule has 3 rings (SSSR count). The lowest BCUT2D eigenvalue weighted by molar-refractivity contribution is 0.0526. The monoisotopic (exact) mass is 416 g/mol. The molecular weight excluding hydrogens is 388 g/mol. The molecule has 0 aliphatic heterocycles. The van der Waals surface area contributed by atoms with Gasteiger partial charge in [0.1, 0.15) is 5.00 Å². The molecule has 28 heavy (non-hydrogen) atoms. The van der Waals surface area contributed by atoms with Crippen LogP contribution in [0.5, 0.6) is 0 Å². The largest absolute Gasteiger partial charge is 0.462 e. The molecule has 1 unspecified atom stereocenters. The zero-order valence-electron chi connectivity index (χ0n) is 16.8. The molecule has 6 heteroatoms. The van der Waals surface area contributed by atoms with Crippen molar-refractivity contribution in [2.24, 2.45) is 0 Å². The number of carbonyl (C=O) groups is 1. The molecule has 1 aromatic carbocycles. The predicted octanol–water partition coefficient (Wildman–Crippen LogP) is 6.13. The quantitative estimate of drug-likeness (QED) is 0.438. The highest BCUT2D eigenvalue weighted by atomic mass is 32.1. The molecule has 150 valence electrons. The van der Waals surface area contributed by atoms with E-state index in [1.54, 1.807) is 11.3 Å². The summed E-state index contributed by atoms with van der Waals surface area (Å²) >= 11 is 7.13. The molecule has 0 fully saturated rings. The lowest BCUT2D eigenvalue weighted by Gasteiger charge is -2.14. The van der Waals surface area contributed by atoms with Gasteiger partial charge in [-0.15, -0.1) is 11.3 Å². The molecule has 0 saturated carbocycles. The van der Waals surface area contributed by atoms with Crippen LogP contribution in [-0.4, -0.2) is 17.7 Å². The number of hydrogen-bond acceptors (Lipinski definition) is 4. The van der Waals surface area contributed by atoms with E-state index < -0.39 is 0 Å². The Morgan fingerprint density at radius 3 is 2.57 bits per heavy atom. The molecule has 0 spiro atoms. The summed E-state index contributed by atoms with van der Waals surface area (Å²) in [6, 6.07) is 8.35. The maximum absolute atomic E-state index is 12.5. The van der Waals surface area contributed by atoms with Crippen molar-refractivity contribution in [3.05, 3.63) is 45.8 Å². The highest BCUT2D eigenvalue weighted by Gasteiger charge is 2.26. The number of thiophene rings is 1. The third-order valence-electron chi connectivity index (χ3n) is 5.23. The Kier molecular flexibility index (Phi) is 7.08. The van der Waals surface area contributed by atoms with Gasteiger partial charge >= 0.3 is 5.97 Å². The number of anilines is 2. The number of hydrogen-bond donors (Lipinski definition) is 2. The van der Waals surface area contributed by atoms with E-state index in [0.717, 1.165) is 41.9 Å². The summed E-state index contributed by atoms with van der Waals surface area (Å²) in [5.41, 5.74) is 4.06. The van der Waals surface area contributed by atoms with E-state index in [2.05, 4.69) is 36.6 Å². The van der Waals surface area contributed by atoms with Gasteiger partial charge in [-0.3, -0.25) is 0 Å². The zero-order chi connectivity index (χ0) is 20.1. The van der Waals surface area contributed by atoms with Crippen molar-refractivity contribution >= 4 is 45.3 Å². The predicted molar refractivity (Wildman–Crippen MR) is 122 cm³/mol. The lowest BCUT2D eigenvalue weighted by Crippen LogP contribution is -2.20. The summed E-state index contributed by atoms with van der Waals surface area (Å²) in [6.07, 6.45) is 5.35. The number of nitrogens with one attached hydrogen (secondary N) is 2. The Labute approximate surface area is 176 Å². The molecule has 1 aliphatic rings. The van der Waals surface area contributed by atoms with Gasteiger partial charge in [0.15, 0.2) is 5.11 Å². The van der Waals surface area contributed by atoms with Gasteiger partial charge < -0.3 is 15.4 Å². The van der Waals surface area contributed by atoms with Crippen LogP contribution in [0.3, 0.4) is 0 Å². The summed E-state index contributed by atoms with van der Waals surface area (Å²) in [6.45, 7) is 6.62. The van der Waals surface area contributed by atoms with Gasteiger partial charge in [-0.2, -0.15) is 0 Å². The van der Waals surface area contributed by atoms with Crippen molar-refractivity contribution in [2.45, 2.75) is 58.8 Å². The van der Waals surface area contributed by atoms with Crippen LogP contribution in [-0.2, 0) is 17.6 Å². The minimum Gasteiger partial charge on any atom is -0.462 e. The van der Waals surface area contributed by atoms with Crippen molar-refractivity contribution < 1.29 is 9.53 Å². The van der Waals surface area contributed by atoms with Crippen LogP contribution in [0.25, 0.3) is 0 Å². The lowest BCUT2D eigenvalue weighted by atomic mass is 9.95. The van der Waals surface area contributed by atoms with Gasteiger partial charge in [0.05, 0.1) is 12.2 Å². The molecule has 1 atom stereocenters. The number of ether oxygens (including phenoxy) is 1. The molecule has 2 aromatic rings. The Morgan fingerprint density at radius 2 is 1.89 bits per heavy atom. The molecule has 1 heterocycles.